The maximum Gasteiger partial charge on any atom is 0.333 e. The molecular weight excluding hydrogens is 334 g/mol. The first-order valence-corrected chi connectivity index (χ1v) is 10.0. The molecule has 0 N–H and O–H groups in total. The number of nitrogens with zero attached hydrogens (tertiary/aromatic N) is 1. The van der Waals surface area contributed by atoms with E-state index < -0.39 is 0 Å². The summed E-state index contributed by atoms with van der Waals surface area (Å²) in [6, 6.07) is 9.82. The van der Waals surface area contributed by atoms with Gasteiger partial charge in [0.15, 0.2) is 0 Å². The van der Waals surface area contributed by atoms with Gasteiger partial charge in [-0.1, -0.05) is 63.6 Å². The normalized spacial score (nSPS) is 26.8. The van der Waals surface area contributed by atoms with Gasteiger partial charge in [0.25, 0.3) is 0 Å². The summed E-state index contributed by atoms with van der Waals surface area (Å²) in [5.74, 6) is 1.83. The molecule has 2 unspecified atom stereocenters. The van der Waals surface area contributed by atoms with Crippen LogP contribution < -0.4 is 0 Å². The third-order valence-corrected chi connectivity index (χ3v) is 6.67. The highest BCUT2D eigenvalue weighted by Gasteiger charge is 2.57. The van der Waals surface area contributed by atoms with Crippen molar-refractivity contribution < 1.29 is 9.53 Å². The number of carbonyl (C=O) groups is 1. The molecule has 1 aliphatic rings. The molecule has 0 heterocycles. The van der Waals surface area contributed by atoms with Crippen molar-refractivity contribution in [1.82, 2.24) is 0 Å². The smallest absolute Gasteiger partial charge is 0.333 e. The zero-order valence-electron chi connectivity index (χ0n) is 18.0. The predicted octanol–water partition coefficient (Wildman–Crippen LogP) is 5.70. The van der Waals surface area contributed by atoms with Crippen LogP contribution in [-0.2, 0) is 16.1 Å². The molecular formula is C24H35NO2. The summed E-state index contributed by atoms with van der Waals surface area (Å²) in [5.41, 5.74) is 3.19. The predicted molar refractivity (Wildman–Crippen MR) is 113 cm³/mol. The van der Waals surface area contributed by atoms with Gasteiger partial charge in [0, 0.05) is 24.8 Å². The number of allylic oxidation sites excluding steroid dienone is 1. The maximum absolute atomic E-state index is 12.6. The first-order valence-electron chi connectivity index (χ1n) is 10.0. The standard InChI is InChI=1S/C24H35NO2/c1-16(2)21(13-24(6)19(5)22(24)14-25-7)17(3)18(4)23(26)27-15-20-11-9-8-10-12-20/h8-12,14,16,19,21-22H,13,15H2,1-7H3/b18-17+,25-14-/t19-,21?,22?,24-/m1/s1. The Morgan fingerprint density at radius 3 is 2.44 bits per heavy atom. The molecule has 0 aromatic heterocycles. The Labute approximate surface area is 164 Å². The van der Waals surface area contributed by atoms with Crippen LogP contribution in [0, 0.1) is 29.1 Å². The Balaban J connectivity index is 2.09. The number of esters is 1. The Bertz CT molecular complexity index is 704. The number of aliphatic imine (C=N–C) groups is 1. The summed E-state index contributed by atoms with van der Waals surface area (Å²) in [6.45, 7) is 13.5. The van der Waals surface area contributed by atoms with Gasteiger partial charge in [-0.05, 0) is 49.0 Å². The molecule has 0 spiro atoms. The molecule has 0 bridgehead atoms. The molecule has 0 aliphatic heterocycles. The number of hydrogen-bond acceptors (Lipinski definition) is 3. The summed E-state index contributed by atoms with van der Waals surface area (Å²) in [4.78, 5) is 16.8. The maximum atomic E-state index is 12.6. The highest BCUT2D eigenvalue weighted by Crippen LogP contribution is 2.62. The Morgan fingerprint density at radius 2 is 1.89 bits per heavy atom. The zero-order valence-corrected chi connectivity index (χ0v) is 18.0. The van der Waals surface area contributed by atoms with Crippen LogP contribution in [-0.4, -0.2) is 19.2 Å². The van der Waals surface area contributed by atoms with Gasteiger partial charge in [-0.3, -0.25) is 0 Å². The molecule has 3 nitrogen and oxygen atoms in total. The summed E-state index contributed by atoms with van der Waals surface area (Å²) in [5, 5.41) is 0. The van der Waals surface area contributed by atoms with Gasteiger partial charge in [0.2, 0.25) is 0 Å². The van der Waals surface area contributed by atoms with E-state index >= 15 is 0 Å². The average Bonchev–Trinajstić information content (AvgIpc) is 3.17. The molecule has 148 valence electrons. The average molecular weight is 370 g/mol. The largest absolute Gasteiger partial charge is 0.457 e. The van der Waals surface area contributed by atoms with Gasteiger partial charge in [0.05, 0.1) is 0 Å². The minimum absolute atomic E-state index is 0.206. The van der Waals surface area contributed by atoms with Gasteiger partial charge in [0.1, 0.15) is 6.61 Å². The lowest BCUT2D eigenvalue weighted by Gasteiger charge is -2.27. The lowest BCUT2D eigenvalue weighted by Crippen LogP contribution is -2.20. The second-order valence-electron chi connectivity index (χ2n) is 8.65. The van der Waals surface area contributed by atoms with Crippen molar-refractivity contribution in [2.24, 2.45) is 34.1 Å². The van der Waals surface area contributed by atoms with Crippen LogP contribution in [0.3, 0.4) is 0 Å². The molecule has 0 saturated heterocycles. The molecule has 1 aliphatic carbocycles. The van der Waals surface area contributed by atoms with E-state index in [-0.39, 0.29) is 11.4 Å². The first-order chi connectivity index (χ1) is 12.7. The molecule has 2 rings (SSSR count). The Morgan fingerprint density at radius 1 is 1.26 bits per heavy atom. The molecule has 0 radical (unpaired) electrons. The summed E-state index contributed by atoms with van der Waals surface area (Å²) < 4.78 is 5.55. The van der Waals surface area contributed by atoms with Crippen LogP contribution in [0.5, 0.6) is 0 Å². The van der Waals surface area contributed by atoms with Gasteiger partial charge >= 0.3 is 5.97 Å². The number of carbonyl (C=O) groups excluding carboxylic acids is 1. The topological polar surface area (TPSA) is 38.7 Å². The van der Waals surface area contributed by atoms with Crippen molar-refractivity contribution in [1.29, 1.82) is 0 Å². The fourth-order valence-electron chi connectivity index (χ4n) is 4.25. The summed E-state index contributed by atoms with van der Waals surface area (Å²) >= 11 is 0. The van der Waals surface area contributed by atoms with E-state index in [0.717, 1.165) is 23.1 Å². The minimum atomic E-state index is -0.206. The molecule has 1 fully saturated rings. The van der Waals surface area contributed by atoms with E-state index in [9.17, 15) is 4.79 Å². The molecule has 1 aromatic rings. The van der Waals surface area contributed by atoms with E-state index in [0.29, 0.717) is 30.3 Å². The van der Waals surface area contributed by atoms with Crippen molar-refractivity contribution in [3.8, 4) is 0 Å². The van der Waals surface area contributed by atoms with Crippen molar-refractivity contribution in [3.05, 3.63) is 47.0 Å². The molecule has 3 heteroatoms. The quantitative estimate of drug-likeness (QED) is 0.335. The van der Waals surface area contributed by atoms with Crippen LogP contribution in [0.2, 0.25) is 0 Å². The Kier molecular flexibility index (Phi) is 7.02. The van der Waals surface area contributed by atoms with E-state index in [4.69, 9.17) is 4.74 Å². The van der Waals surface area contributed by atoms with Crippen LogP contribution in [0.25, 0.3) is 0 Å². The highest BCUT2D eigenvalue weighted by molar-refractivity contribution is 5.88. The van der Waals surface area contributed by atoms with E-state index in [1.165, 1.54) is 0 Å². The fourth-order valence-corrected chi connectivity index (χ4v) is 4.25. The van der Waals surface area contributed by atoms with Crippen molar-refractivity contribution in [3.63, 3.8) is 0 Å². The molecule has 0 amide bonds. The second-order valence-corrected chi connectivity index (χ2v) is 8.65. The fraction of sp³-hybridized carbons (Fsp3) is 0.583. The van der Waals surface area contributed by atoms with Gasteiger partial charge in [-0.25, -0.2) is 4.79 Å². The van der Waals surface area contributed by atoms with Crippen molar-refractivity contribution in [2.75, 3.05) is 7.05 Å². The number of ether oxygens (including phenoxy) is 1. The van der Waals surface area contributed by atoms with Gasteiger partial charge in [-0.2, -0.15) is 0 Å². The third-order valence-electron chi connectivity index (χ3n) is 6.67. The third kappa shape index (κ3) is 4.88. The lowest BCUT2D eigenvalue weighted by atomic mass is 9.78. The van der Waals surface area contributed by atoms with Crippen molar-refractivity contribution >= 4 is 12.2 Å². The monoisotopic (exact) mass is 369 g/mol. The van der Waals surface area contributed by atoms with Crippen LogP contribution in [0.4, 0.5) is 0 Å². The summed E-state index contributed by atoms with van der Waals surface area (Å²) in [6.07, 6.45) is 3.18. The number of hydrogen-bond donors (Lipinski definition) is 0. The van der Waals surface area contributed by atoms with Crippen molar-refractivity contribution in [2.45, 2.75) is 54.6 Å². The highest BCUT2D eigenvalue weighted by atomic mass is 16.5. The molecule has 1 aromatic carbocycles. The van der Waals surface area contributed by atoms with Crippen LogP contribution in [0.1, 0.15) is 53.5 Å². The second kappa shape index (κ2) is 8.86. The molecule has 4 atom stereocenters. The SMILES string of the molecule is C/N=C\C1[C@@H](C)[C@@]1(C)CC(/C(C)=C(\C)C(=O)OCc1ccccc1)C(C)C. The Hall–Kier alpha value is -1.90. The summed E-state index contributed by atoms with van der Waals surface area (Å²) in [7, 11) is 1.85. The van der Waals surface area contributed by atoms with E-state index in [1.54, 1.807) is 0 Å². The van der Waals surface area contributed by atoms with Gasteiger partial charge < -0.3 is 9.73 Å². The molecule has 27 heavy (non-hydrogen) atoms. The van der Waals surface area contributed by atoms with Crippen LogP contribution >= 0.6 is 0 Å². The van der Waals surface area contributed by atoms with E-state index in [1.807, 2.05) is 44.3 Å². The number of benzene rings is 1. The van der Waals surface area contributed by atoms with Crippen LogP contribution in [0.15, 0.2) is 46.5 Å². The van der Waals surface area contributed by atoms with Gasteiger partial charge in [-0.15, -0.1) is 0 Å². The number of rotatable bonds is 8. The zero-order chi connectivity index (χ0) is 20.2. The first kappa shape index (κ1) is 21.4. The van der Waals surface area contributed by atoms with E-state index in [2.05, 4.69) is 45.8 Å². The lowest BCUT2D eigenvalue weighted by molar-refractivity contribution is -0.140. The molecule has 1 saturated carbocycles. The minimum Gasteiger partial charge on any atom is -0.457 e.